The van der Waals surface area contributed by atoms with Gasteiger partial charge in [0.25, 0.3) is 0 Å². The van der Waals surface area contributed by atoms with Gasteiger partial charge in [-0.25, -0.2) is 8.42 Å². The number of ketones is 1. The first-order valence-electron chi connectivity index (χ1n) is 8.34. The molecule has 2 rings (SSSR count). The van der Waals surface area contributed by atoms with Crippen molar-refractivity contribution in [3.05, 3.63) is 30.3 Å². The zero-order valence-corrected chi connectivity index (χ0v) is 14.8. The molecule has 24 heavy (non-hydrogen) atoms. The Bertz CT molecular complexity index is 625. The fourth-order valence-corrected chi connectivity index (χ4v) is 3.89. The molecule has 1 unspecified atom stereocenters. The Balaban J connectivity index is 1.78. The topological polar surface area (TPSA) is 86.7 Å². The van der Waals surface area contributed by atoms with Crippen molar-refractivity contribution in [1.82, 2.24) is 4.90 Å². The smallest absolute Gasteiger partial charge is 0.239 e. The van der Waals surface area contributed by atoms with Crippen molar-refractivity contribution in [3.8, 4) is 0 Å². The number of anilines is 1. The molecular formula is C17H26N2O4S. The predicted octanol–water partition coefficient (Wildman–Crippen LogP) is 1.48. The second-order valence-electron chi connectivity index (χ2n) is 6.52. The van der Waals surface area contributed by atoms with Gasteiger partial charge in [0.15, 0.2) is 5.78 Å². The number of Topliss-reactive ketones (excluding diaryl/α,β-unsaturated/α-hetero) is 1. The Morgan fingerprint density at radius 3 is 2.54 bits per heavy atom. The minimum Gasteiger partial charge on any atom is -0.385 e. The Labute approximate surface area is 143 Å². The molecule has 2 N–H and O–H groups in total. The number of benzene rings is 1. The van der Waals surface area contributed by atoms with Gasteiger partial charge in [-0.15, -0.1) is 0 Å². The van der Waals surface area contributed by atoms with Gasteiger partial charge >= 0.3 is 0 Å². The molecule has 1 aromatic carbocycles. The average molecular weight is 354 g/mol. The number of nitrogens with zero attached hydrogens (tertiary/aromatic N) is 1. The van der Waals surface area contributed by atoms with Crippen LogP contribution in [0.2, 0.25) is 0 Å². The van der Waals surface area contributed by atoms with E-state index in [0.29, 0.717) is 12.2 Å². The number of hydrogen-bond acceptors (Lipinski definition) is 5. The first-order chi connectivity index (χ1) is 11.4. The number of piperidine rings is 1. The SMILES string of the molecule is CC1CCN(CCC(O)C(=O)CS(=O)(=O)Nc2ccccc2)CC1. The molecule has 1 saturated heterocycles. The van der Waals surface area contributed by atoms with Crippen molar-refractivity contribution in [3.63, 3.8) is 0 Å². The second-order valence-corrected chi connectivity index (χ2v) is 8.24. The Hall–Kier alpha value is -1.44. The highest BCUT2D eigenvalue weighted by atomic mass is 32.2. The Morgan fingerprint density at radius 2 is 1.92 bits per heavy atom. The van der Waals surface area contributed by atoms with Crippen LogP contribution in [0.4, 0.5) is 5.69 Å². The van der Waals surface area contributed by atoms with E-state index in [1.54, 1.807) is 30.3 Å². The highest BCUT2D eigenvalue weighted by Crippen LogP contribution is 2.16. The second kappa shape index (κ2) is 8.60. The molecule has 1 atom stereocenters. The summed E-state index contributed by atoms with van der Waals surface area (Å²) in [6, 6.07) is 8.39. The maximum atomic E-state index is 12.0. The zero-order valence-electron chi connectivity index (χ0n) is 14.0. The molecule has 0 amide bonds. The number of hydrogen-bond donors (Lipinski definition) is 2. The van der Waals surface area contributed by atoms with Crippen LogP contribution in [0.25, 0.3) is 0 Å². The van der Waals surface area contributed by atoms with Crippen LogP contribution in [0.3, 0.4) is 0 Å². The quantitative estimate of drug-likeness (QED) is 0.738. The van der Waals surface area contributed by atoms with Gasteiger partial charge in [-0.05, 0) is 50.4 Å². The molecule has 134 valence electrons. The highest BCUT2D eigenvalue weighted by molar-refractivity contribution is 7.93. The molecule has 0 spiro atoms. The largest absolute Gasteiger partial charge is 0.385 e. The average Bonchev–Trinajstić information content (AvgIpc) is 2.54. The van der Waals surface area contributed by atoms with E-state index in [1.165, 1.54) is 0 Å². The van der Waals surface area contributed by atoms with Crippen LogP contribution in [0, 0.1) is 5.92 Å². The van der Waals surface area contributed by atoms with Gasteiger partial charge in [0.1, 0.15) is 11.9 Å². The summed E-state index contributed by atoms with van der Waals surface area (Å²) in [6.45, 7) is 4.78. The molecule has 0 bridgehead atoms. The summed E-state index contributed by atoms with van der Waals surface area (Å²) in [5.41, 5.74) is 0.405. The number of carbonyl (C=O) groups is 1. The summed E-state index contributed by atoms with van der Waals surface area (Å²) < 4.78 is 26.4. The van der Waals surface area contributed by atoms with E-state index in [-0.39, 0.29) is 6.42 Å². The monoisotopic (exact) mass is 354 g/mol. The highest BCUT2D eigenvalue weighted by Gasteiger charge is 2.24. The van der Waals surface area contributed by atoms with E-state index in [1.807, 2.05) is 0 Å². The lowest BCUT2D eigenvalue weighted by molar-refractivity contribution is -0.125. The molecular weight excluding hydrogens is 328 g/mol. The number of sulfonamides is 1. The molecule has 1 aliphatic heterocycles. The first kappa shape index (κ1) is 18.9. The fraction of sp³-hybridized carbons (Fsp3) is 0.588. The number of rotatable bonds is 8. The minimum atomic E-state index is -3.80. The lowest BCUT2D eigenvalue weighted by atomic mass is 9.99. The van der Waals surface area contributed by atoms with Crippen molar-refractivity contribution >= 4 is 21.5 Å². The predicted molar refractivity (Wildman–Crippen MR) is 94.3 cm³/mol. The van der Waals surface area contributed by atoms with E-state index < -0.39 is 27.7 Å². The maximum absolute atomic E-state index is 12.0. The van der Waals surface area contributed by atoms with Gasteiger partial charge in [0.05, 0.1) is 0 Å². The van der Waals surface area contributed by atoms with E-state index in [0.717, 1.165) is 31.8 Å². The number of para-hydroxylation sites is 1. The number of aliphatic hydroxyl groups is 1. The molecule has 1 fully saturated rings. The van der Waals surface area contributed by atoms with E-state index in [2.05, 4.69) is 16.5 Å². The van der Waals surface area contributed by atoms with Crippen molar-refractivity contribution in [2.45, 2.75) is 32.3 Å². The molecule has 0 saturated carbocycles. The molecule has 1 aromatic rings. The lowest BCUT2D eigenvalue weighted by Gasteiger charge is -2.30. The van der Waals surface area contributed by atoms with E-state index in [9.17, 15) is 18.3 Å². The standard InChI is InChI=1S/C17H26N2O4S/c1-14-7-10-19(11-8-14)12-9-16(20)17(21)13-24(22,23)18-15-5-3-2-4-6-15/h2-6,14,16,18,20H,7-13H2,1H3. The number of carbonyl (C=O) groups excluding carboxylic acids is 1. The summed E-state index contributed by atoms with van der Waals surface area (Å²) in [5, 5.41) is 9.96. The molecule has 1 heterocycles. The molecule has 0 aromatic heterocycles. The van der Waals surface area contributed by atoms with Crippen LogP contribution in [0.15, 0.2) is 30.3 Å². The number of nitrogens with one attached hydrogen (secondary N) is 1. The third-order valence-electron chi connectivity index (χ3n) is 4.35. The zero-order chi connectivity index (χ0) is 17.6. The summed E-state index contributed by atoms with van der Waals surface area (Å²) >= 11 is 0. The Morgan fingerprint density at radius 1 is 1.29 bits per heavy atom. The first-order valence-corrected chi connectivity index (χ1v) is 9.99. The van der Waals surface area contributed by atoms with Crippen LogP contribution in [0.1, 0.15) is 26.2 Å². The number of aliphatic hydroxyl groups excluding tert-OH is 1. The Kier molecular flexibility index (Phi) is 6.77. The van der Waals surface area contributed by atoms with Gasteiger partial charge in [0.2, 0.25) is 10.0 Å². The van der Waals surface area contributed by atoms with Gasteiger partial charge in [-0.2, -0.15) is 0 Å². The lowest BCUT2D eigenvalue weighted by Crippen LogP contribution is -2.37. The van der Waals surface area contributed by atoms with Crippen LogP contribution >= 0.6 is 0 Å². The van der Waals surface area contributed by atoms with Gasteiger partial charge in [0, 0.05) is 12.2 Å². The van der Waals surface area contributed by atoms with E-state index >= 15 is 0 Å². The molecule has 1 aliphatic rings. The van der Waals surface area contributed by atoms with Gasteiger partial charge in [-0.1, -0.05) is 25.1 Å². The molecule has 6 nitrogen and oxygen atoms in total. The van der Waals surface area contributed by atoms with Crippen molar-refractivity contribution in [1.29, 1.82) is 0 Å². The van der Waals surface area contributed by atoms with Crippen molar-refractivity contribution in [2.24, 2.45) is 5.92 Å². The van der Waals surface area contributed by atoms with Crippen LogP contribution in [0.5, 0.6) is 0 Å². The van der Waals surface area contributed by atoms with Crippen LogP contribution < -0.4 is 4.72 Å². The minimum absolute atomic E-state index is 0.272. The van der Waals surface area contributed by atoms with Gasteiger partial charge < -0.3 is 10.0 Å². The third kappa shape index (κ3) is 6.22. The fourth-order valence-electron chi connectivity index (χ4n) is 2.76. The van der Waals surface area contributed by atoms with Crippen LogP contribution in [-0.2, 0) is 14.8 Å². The van der Waals surface area contributed by atoms with Gasteiger partial charge in [-0.3, -0.25) is 9.52 Å². The maximum Gasteiger partial charge on any atom is 0.239 e. The van der Waals surface area contributed by atoms with Crippen molar-refractivity contribution < 1.29 is 18.3 Å². The molecule has 0 aliphatic carbocycles. The van der Waals surface area contributed by atoms with E-state index in [4.69, 9.17) is 0 Å². The summed E-state index contributed by atoms with van der Waals surface area (Å²) in [7, 11) is -3.80. The summed E-state index contributed by atoms with van der Waals surface area (Å²) in [5.74, 6) is -0.647. The van der Waals surface area contributed by atoms with Crippen molar-refractivity contribution in [2.75, 3.05) is 30.1 Å². The normalized spacial score (nSPS) is 18.2. The van der Waals surface area contributed by atoms with Crippen LogP contribution in [-0.4, -0.2) is 55.7 Å². The summed E-state index contributed by atoms with van der Waals surface area (Å²) in [4.78, 5) is 14.2. The summed E-state index contributed by atoms with van der Waals surface area (Å²) in [6.07, 6.45) is 1.28. The number of likely N-dealkylation sites (tertiary alicyclic amines) is 1. The molecule has 0 radical (unpaired) electrons. The molecule has 7 heteroatoms. The third-order valence-corrected chi connectivity index (χ3v) is 5.56.